The lowest BCUT2D eigenvalue weighted by Gasteiger charge is -2.12. The minimum atomic E-state index is -0.449. The van der Waals surface area contributed by atoms with Crippen LogP contribution in [0.1, 0.15) is 25.3 Å². The zero-order chi connectivity index (χ0) is 14.4. The van der Waals surface area contributed by atoms with Gasteiger partial charge in [-0.25, -0.2) is 0 Å². The molecule has 3 N–H and O–H groups in total. The Morgan fingerprint density at radius 1 is 1.45 bits per heavy atom. The third-order valence-electron chi connectivity index (χ3n) is 3.03. The summed E-state index contributed by atoms with van der Waals surface area (Å²) in [7, 11) is 0. The van der Waals surface area contributed by atoms with Crippen LogP contribution in [-0.4, -0.2) is 21.7 Å². The van der Waals surface area contributed by atoms with E-state index in [1.165, 1.54) is 0 Å². The van der Waals surface area contributed by atoms with Crippen molar-refractivity contribution in [3.8, 4) is 0 Å². The van der Waals surface area contributed by atoms with Crippen molar-refractivity contribution in [1.29, 1.82) is 0 Å². The van der Waals surface area contributed by atoms with Gasteiger partial charge in [0.25, 0.3) is 0 Å². The van der Waals surface area contributed by atoms with Crippen LogP contribution >= 0.6 is 0 Å². The van der Waals surface area contributed by atoms with Crippen molar-refractivity contribution >= 4 is 11.6 Å². The summed E-state index contributed by atoms with van der Waals surface area (Å²) in [6.45, 7) is 2.69. The summed E-state index contributed by atoms with van der Waals surface area (Å²) in [6, 6.07) is 9.16. The van der Waals surface area contributed by atoms with Gasteiger partial charge in [0.15, 0.2) is 0 Å². The molecule has 0 aliphatic rings. The summed E-state index contributed by atoms with van der Waals surface area (Å²) >= 11 is 0. The smallest absolute Gasteiger partial charge is 0.241 e. The van der Waals surface area contributed by atoms with E-state index in [1.54, 1.807) is 6.20 Å². The first-order valence-electron chi connectivity index (χ1n) is 6.82. The van der Waals surface area contributed by atoms with E-state index in [0.717, 1.165) is 17.7 Å². The van der Waals surface area contributed by atoms with Gasteiger partial charge in [0.05, 0.1) is 12.6 Å². The predicted molar refractivity (Wildman–Crippen MR) is 79.3 cm³/mol. The van der Waals surface area contributed by atoms with Crippen molar-refractivity contribution in [3.05, 3.63) is 48.3 Å². The van der Waals surface area contributed by atoms with Gasteiger partial charge in [-0.1, -0.05) is 25.5 Å². The molecule has 20 heavy (non-hydrogen) atoms. The highest BCUT2D eigenvalue weighted by atomic mass is 16.2. The Balaban J connectivity index is 2.00. The number of carbonyl (C=O) groups excluding carboxylic acids is 1. The first kappa shape index (κ1) is 14.3. The van der Waals surface area contributed by atoms with E-state index < -0.39 is 6.04 Å². The molecule has 1 unspecified atom stereocenters. The molecule has 0 aliphatic carbocycles. The van der Waals surface area contributed by atoms with Crippen LogP contribution in [0.15, 0.2) is 42.7 Å². The first-order chi connectivity index (χ1) is 9.69. The van der Waals surface area contributed by atoms with Crippen molar-refractivity contribution < 1.29 is 4.79 Å². The van der Waals surface area contributed by atoms with Crippen molar-refractivity contribution in [2.75, 3.05) is 5.32 Å². The molecule has 1 heterocycles. The normalized spacial score (nSPS) is 12.1. The van der Waals surface area contributed by atoms with Gasteiger partial charge >= 0.3 is 0 Å². The molecular weight excluding hydrogens is 252 g/mol. The van der Waals surface area contributed by atoms with E-state index in [0.29, 0.717) is 13.0 Å². The summed E-state index contributed by atoms with van der Waals surface area (Å²) in [5, 5.41) is 7.02. The van der Waals surface area contributed by atoms with Crippen LogP contribution < -0.4 is 11.1 Å². The van der Waals surface area contributed by atoms with Gasteiger partial charge in [-0.05, 0) is 30.2 Å². The molecule has 0 bridgehead atoms. The molecular formula is C15H20N4O. The number of carbonyl (C=O) groups is 1. The molecule has 0 saturated heterocycles. The largest absolute Gasteiger partial charge is 0.325 e. The minimum Gasteiger partial charge on any atom is -0.325 e. The number of nitrogens with two attached hydrogens (primary N) is 1. The second-order valence-corrected chi connectivity index (χ2v) is 4.79. The molecule has 5 heteroatoms. The number of aromatic nitrogens is 2. The van der Waals surface area contributed by atoms with E-state index in [4.69, 9.17) is 5.73 Å². The summed E-state index contributed by atoms with van der Waals surface area (Å²) in [5.74, 6) is -0.136. The third-order valence-corrected chi connectivity index (χ3v) is 3.03. The Kier molecular flexibility index (Phi) is 4.90. The van der Waals surface area contributed by atoms with Gasteiger partial charge in [-0.3, -0.25) is 9.48 Å². The molecule has 1 aromatic heterocycles. The topological polar surface area (TPSA) is 72.9 Å². The molecule has 1 amide bonds. The summed E-state index contributed by atoms with van der Waals surface area (Å²) < 4.78 is 1.84. The lowest BCUT2D eigenvalue weighted by Crippen LogP contribution is -2.35. The Hall–Kier alpha value is -2.14. The molecule has 0 radical (unpaired) electrons. The van der Waals surface area contributed by atoms with Crippen LogP contribution in [-0.2, 0) is 11.3 Å². The third kappa shape index (κ3) is 3.93. The van der Waals surface area contributed by atoms with E-state index in [2.05, 4.69) is 10.4 Å². The average molecular weight is 272 g/mol. The fraction of sp³-hybridized carbons (Fsp3) is 0.333. The Bertz CT molecular complexity index is 551. The van der Waals surface area contributed by atoms with Gasteiger partial charge in [-0.2, -0.15) is 5.10 Å². The number of hydrogen-bond donors (Lipinski definition) is 2. The molecule has 2 aromatic rings. The highest BCUT2D eigenvalue weighted by molar-refractivity contribution is 5.94. The Labute approximate surface area is 118 Å². The van der Waals surface area contributed by atoms with Crippen molar-refractivity contribution in [2.45, 2.75) is 32.4 Å². The average Bonchev–Trinajstić information content (AvgIpc) is 2.92. The summed E-state index contributed by atoms with van der Waals surface area (Å²) in [4.78, 5) is 11.9. The SMILES string of the molecule is CCCC(N)C(=O)Nc1cccc(Cn2cccn2)c1. The fourth-order valence-electron chi connectivity index (χ4n) is 2.01. The second kappa shape index (κ2) is 6.86. The Morgan fingerprint density at radius 2 is 2.30 bits per heavy atom. The molecule has 0 spiro atoms. The maximum atomic E-state index is 11.9. The monoisotopic (exact) mass is 272 g/mol. The zero-order valence-corrected chi connectivity index (χ0v) is 11.6. The quantitative estimate of drug-likeness (QED) is 0.844. The number of benzene rings is 1. The lowest BCUT2D eigenvalue weighted by molar-refractivity contribution is -0.117. The minimum absolute atomic E-state index is 0.136. The van der Waals surface area contributed by atoms with Crippen molar-refractivity contribution in [2.24, 2.45) is 5.73 Å². The molecule has 2 rings (SSSR count). The molecule has 0 fully saturated rings. The number of nitrogens with one attached hydrogen (secondary N) is 1. The highest BCUT2D eigenvalue weighted by Crippen LogP contribution is 2.12. The molecule has 1 atom stereocenters. The van der Waals surface area contributed by atoms with E-state index in [9.17, 15) is 4.79 Å². The van der Waals surface area contributed by atoms with E-state index in [1.807, 2.05) is 48.1 Å². The van der Waals surface area contributed by atoms with Crippen molar-refractivity contribution in [3.63, 3.8) is 0 Å². The maximum absolute atomic E-state index is 11.9. The van der Waals surface area contributed by atoms with Crippen LogP contribution in [0.25, 0.3) is 0 Å². The van der Waals surface area contributed by atoms with Gasteiger partial charge in [0, 0.05) is 18.1 Å². The van der Waals surface area contributed by atoms with Crippen LogP contribution in [0.5, 0.6) is 0 Å². The van der Waals surface area contributed by atoms with Gasteiger partial charge in [0.1, 0.15) is 0 Å². The number of anilines is 1. The van der Waals surface area contributed by atoms with Gasteiger partial charge < -0.3 is 11.1 Å². The number of amides is 1. The fourth-order valence-corrected chi connectivity index (χ4v) is 2.01. The zero-order valence-electron chi connectivity index (χ0n) is 11.6. The molecule has 106 valence electrons. The van der Waals surface area contributed by atoms with Gasteiger partial charge in [-0.15, -0.1) is 0 Å². The molecule has 0 aliphatic heterocycles. The predicted octanol–water partition coefficient (Wildman–Crippen LogP) is 2.00. The maximum Gasteiger partial charge on any atom is 0.241 e. The summed E-state index contributed by atoms with van der Waals surface area (Å²) in [5.41, 5.74) is 7.65. The number of hydrogen-bond acceptors (Lipinski definition) is 3. The second-order valence-electron chi connectivity index (χ2n) is 4.79. The van der Waals surface area contributed by atoms with E-state index in [-0.39, 0.29) is 5.91 Å². The lowest BCUT2D eigenvalue weighted by atomic mass is 10.1. The van der Waals surface area contributed by atoms with Crippen molar-refractivity contribution in [1.82, 2.24) is 9.78 Å². The number of nitrogens with zero attached hydrogens (tertiary/aromatic N) is 2. The van der Waals surface area contributed by atoms with Crippen LogP contribution in [0.4, 0.5) is 5.69 Å². The first-order valence-corrected chi connectivity index (χ1v) is 6.82. The van der Waals surface area contributed by atoms with E-state index >= 15 is 0 Å². The highest BCUT2D eigenvalue weighted by Gasteiger charge is 2.12. The standard InChI is InChI=1S/C15H20N4O/c1-2-5-14(16)15(20)18-13-7-3-6-12(10-13)11-19-9-4-8-17-19/h3-4,6-10,14H,2,5,11,16H2,1H3,(H,18,20). The van der Waals surface area contributed by atoms with Gasteiger partial charge in [0.2, 0.25) is 5.91 Å². The van der Waals surface area contributed by atoms with Crippen LogP contribution in [0.3, 0.4) is 0 Å². The van der Waals surface area contributed by atoms with Crippen LogP contribution in [0, 0.1) is 0 Å². The summed E-state index contributed by atoms with van der Waals surface area (Å²) in [6.07, 6.45) is 5.24. The Morgan fingerprint density at radius 3 is 3.00 bits per heavy atom. The molecule has 1 aromatic carbocycles. The molecule has 0 saturated carbocycles. The van der Waals surface area contributed by atoms with Crippen LogP contribution in [0.2, 0.25) is 0 Å². The number of rotatable bonds is 6. The molecule has 5 nitrogen and oxygen atoms in total.